The molecule has 31 heavy (non-hydrogen) atoms. The zero-order valence-electron chi connectivity index (χ0n) is 17.2. The largest absolute Gasteiger partial charge is 0.494 e. The molecule has 3 rings (SSSR count). The maximum absolute atomic E-state index is 14.0. The van der Waals surface area contributed by atoms with Gasteiger partial charge in [-0.2, -0.15) is 0 Å². The van der Waals surface area contributed by atoms with E-state index in [0.29, 0.717) is 17.5 Å². The second kappa shape index (κ2) is 10.8. The lowest BCUT2D eigenvalue weighted by Crippen LogP contribution is -2.33. The van der Waals surface area contributed by atoms with Crippen molar-refractivity contribution in [3.63, 3.8) is 0 Å². The molecule has 6 nitrogen and oxygen atoms in total. The van der Waals surface area contributed by atoms with Gasteiger partial charge in [0.15, 0.2) is 5.17 Å². The first kappa shape index (κ1) is 22.6. The molecule has 2 aromatic rings. The summed E-state index contributed by atoms with van der Waals surface area (Å²) in [6.07, 6.45) is 2.46. The van der Waals surface area contributed by atoms with Gasteiger partial charge in [0.1, 0.15) is 22.5 Å². The summed E-state index contributed by atoms with van der Waals surface area (Å²) in [6, 6.07) is 13.2. The van der Waals surface area contributed by atoms with Crippen LogP contribution in [0, 0.1) is 5.82 Å². The standard InChI is InChI=1S/C23H24FN3O3S/c1-3-13-27-22(29)20(31-23(27)26-19-8-6-5-7-18(19)24)15-21(28)25-16-9-11-17(12-10-16)30-14-4-2/h3,5-12,20H,1,4,13-15H2,2H3,(H,25,28). The molecule has 162 valence electrons. The summed E-state index contributed by atoms with van der Waals surface area (Å²) in [5, 5.41) is 2.51. The van der Waals surface area contributed by atoms with E-state index in [1.807, 2.05) is 6.92 Å². The van der Waals surface area contributed by atoms with E-state index in [1.54, 1.807) is 42.5 Å². The van der Waals surface area contributed by atoms with Gasteiger partial charge in [0.2, 0.25) is 11.8 Å². The van der Waals surface area contributed by atoms with Crippen molar-refractivity contribution in [2.45, 2.75) is 25.0 Å². The Balaban J connectivity index is 1.66. The number of anilines is 1. The van der Waals surface area contributed by atoms with Gasteiger partial charge in [0, 0.05) is 18.7 Å². The molecule has 0 bridgehead atoms. The second-order valence-corrected chi connectivity index (χ2v) is 7.98. The summed E-state index contributed by atoms with van der Waals surface area (Å²) in [6.45, 7) is 6.55. The first-order valence-corrected chi connectivity index (χ1v) is 10.8. The molecule has 2 aromatic carbocycles. The molecule has 0 saturated carbocycles. The normalized spacial score (nSPS) is 17.1. The number of carbonyl (C=O) groups is 2. The first-order valence-electron chi connectivity index (χ1n) is 9.96. The molecule has 1 N–H and O–H groups in total. The number of hydrogen-bond donors (Lipinski definition) is 1. The third-order valence-electron chi connectivity index (χ3n) is 4.38. The topological polar surface area (TPSA) is 71.0 Å². The maximum Gasteiger partial charge on any atom is 0.242 e. The van der Waals surface area contributed by atoms with Crippen molar-refractivity contribution in [2.24, 2.45) is 4.99 Å². The predicted molar refractivity (Wildman–Crippen MR) is 122 cm³/mol. The number of rotatable bonds is 9. The summed E-state index contributed by atoms with van der Waals surface area (Å²) in [4.78, 5) is 31.0. The fourth-order valence-electron chi connectivity index (χ4n) is 2.90. The van der Waals surface area contributed by atoms with E-state index >= 15 is 0 Å². The molecule has 1 unspecified atom stereocenters. The fraction of sp³-hybridized carbons (Fsp3) is 0.261. The highest BCUT2D eigenvalue weighted by atomic mass is 32.2. The van der Waals surface area contributed by atoms with Crippen molar-refractivity contribution in [3.05, 3.63) is 67.0 Å². The van der Waals surface area contributed by atoms with Crippen LogP contribution in [0.3, 0.4) is 0 Å². The lowest BCUT2D eigenvalue weighted by atomic mass is 10.2. The Hall–Kier alpha value is -3.13. The van der Waals surface area contributed by atoms with E-state index in [1.165, 1.54) is 17.0 Å². The molecule has 1 atom stereocenters. The van der Waals surface area contributed by atoms with E-state index in [-0.39, 0.29) is 30.5 Å². The molecule has 2 amide bonds. The van der Waals surface area contributed by atoms with Crippen molar-refractivity contribution >= 4 is 40.1 Å². The van der Waals surface area contributed by atoms with Crippen LogP contribution >= 0.6 is 11.8 Å². The molecule has 1 fully saturated rings. The van der Waals surface area contributed by atoms with E-state index in [0.717, 1.165) is 23.9 Å². The third kappa shape index (κ3) is 5.95. The van der Waals surface area contributed by atoms with Gasteiger partial charge < -0.3 is 10.1 Å². The highest BCUT2D eigenvalue weighted by Gasteiger charge is 2.38. The highest BCUT2D eigenvalue weighted by molar-refractivity contribution is 8.15. The Bertz CT molecular complexity index is 978. The van der Waals surface area contributed by atoms with Crippen LogP contribution in [-0.2, 0) is 9.59 Å². The minimum atomic E-state index is -0.641. The number of amidine groups is 1. The molecular formula is C23H24FN3O3S. The Morgan fingerprint density at radius 2 is 2.03 bits per heavy atom. The average molecular weight is 442 g/mol. The van der Waals surface area contributed by atoms with E-state index < -0.39 is 11.1 Å². The van der Waals surface area contributed by atoms with Gasteiger partial charge in [-0.1, -0.05) is 36.9 Å². The fourth-order valence-corrected chi connectivity index (χ4v) is 4.06. The van der Waals surface area contributed by atoms with Gasteiger partial charge >= 0.3 is 0 Å². The van der Waals surface area contributed by atoms with Crippen molar-refractivity contribution in [1.29, 1.82) is 0 Å². The van der Waals surface area contributed by atoms with Gasteiger partial charge in [0.25, 0.3) is 0 Å². The third-order valence-corrected chi connectivity index (χ3v) is 5.56. The van der Waals surface area contributed by atoms with Gasteiger partial charge in [-0.3, -0.25) is 14.5 Å². The van der Waals surface area contributed by atoms with Gasteiger partial charge in [0.05, 0.1) is 6.61 Å². The molecule has 0 aliphatic carbocycles. The maximum atomic E-state index is 14.0. The summed E-state index contributed by atoms with van der Waals surface area (Å²) in [5.74, 6) is -0.290. The second-order valence-electron chi connectivity index (χ2n) is 6.81. The number of benzene rings is 2. The Kier molecular flexibility index (Phi) is 7.83. The molecule has 1 aliphatic heterocycles. The molecule has 0 spiro atoms. The minimum absolute atomic E-state index is 0.0263. The smallest absolute Gasteiger partial charge is 0.242 e. The molecule has 1 aliphatic rings. The van der Waals surface area contributed by atoms with Crippen LogP contribution < -0.4 is 10.1 Å². The molecule has 0 aromatic heterocycles. The number of amides is 2. The molecule has 8 heteroatoms. The summed E-state index contributed by atoms with van der Waals surface area (Å²) < 4.78 is 19.5. The number of nitrogens with one attached hydrogen (secondary N) is 1. The van der Waals surface area contributed by atoms with E-state index in [4.69, 9.17) is 4.74 Å². The van der Waals surface area contributed by atoms with Gasteiger partial charge in [-0.25, -0.2) is 9.38 Å². The molecule has 0 radical (unpaired) electrons. The van der Waals surface area contributed by atoms with E-state index in [2.05, 4.69) is 16.9 Å². The van der Waals surface area contributed by atoms with Crippen LogP contribution in [0.15, 0.2) is 66.2 Å². The van der Waals surface area contributed by atoms with E-state index in [9.17, 15) is 14.0 Å². The van der Waals surface area contributed by atoms with Crippen molar-refractivity contribution in [1.82, 2.24) is 4.90 Å². The number of aliphatic imine (C=N–C) groups is 1. The number of halogens is 1. The SMILES string of the molecule is C=CCN1C(=O)C(CC(=O)Nc2ccc(OCCC)cc2)SC1=Nc1ccccc1F. The Morgan fingerprint density at radius 3 is 2.71 bits per heavy atom. The number of carbonyl (C=O) groups excluding carboxylic acids is 2. The highest BCUT2D eigenvalue weighted by Crippen LogP contribution is 2.32. The van der Waals surface area contributed by atoms with Crippen LogP contribution in [0.5, 0.6) is 5.75 Å². The Morgan fingerprint density at radius 1 is 1.29 bits per heavy atom. The molecule has 1 heterocycles. The summed E-state index contributed by atoms with van der Waals surface area (Å²) in [7, 11) is 0. The zero-order valence-corrected chi connectivity index (χ0v) is 18.0. The summed E-state index contributed by atoms with van der Waals surface area (Å²) >= 11 is 1.15. The number of para-hydroxylation sites is 1. The number of thioether (sulfide) groups is 1. The van der Waals surface area contributed by atoms with Crippen LogP contribution in [0.4, 0.5) is 15.8 Å². The molecule has 1 saturated heterocycles. The van der Waals surface area contributed by atoms with Crippen molar-refractivity contribution < 1.29 is 18.7 Å². The molecular weight excluding hydrogens is 417 g/mol. The number of ether oxygens (including phenoxy) is 1. The Labute approximate surface area is 185 Å². The van der Waals surface area contributed by atoms with Crippen LogP contribution in [0.2, 0.25) is 0 Å². The lowest BCUT2D eigenvalue weighted by Gasteiger charge is -2.14. The average Bonchev–Trinajstić information content (AvgIpc) is 3.04. The first-order chi connectivity index (χ1) is 15.0. The minimum Gasteiger partial charge on any atom is -0.494 e. The quantitative estimate of drug-likeness (QED) is 0.570. The lowest BCUT2D eigenvalue weighted by molar-refractivity contribution is -0.127. The van der Waals surface area contributed by atoms with Crippen LogP contribution in [0.1, 0.15) is 19.8 Å². The zero-order chi connectivity index (χ0) is 22.2. The van der Waals surface area contributed by atoms with Crippen LogP contribution in [-0.4, -0.2) is 40.3 Å². The number of nitrogens with zero attached hydrogens (tertiary/aromatic N) is 2. The monoisotopic (exact) mass is 441 g/mol. The predicted octanol–water partition coefficient (Wildman–Crippen LogP) is 4.76. The van der Waals surface area contributed by atoms with Crippen molar-refractivity contribution in [3.8, 4) is 5.75 Å². The van der Waals surface area contributed by atoms with Gasteiger partial charge in [-0.15, -0.1) is 6.58 Å². The van der Waals surface area contributed by atoms with Crippen LogP contribution in [0.25, 0.3) is 0 Å². The van der Waals surface area contributed by atoms with Gasteiger partial charge in [-0.05, 0) is 42.8 Å². The van der Waals surface area contributed by atoms with Crippen molar-refractivity contribution in [2.75, 3.05) is 18.5 Å². The number of hydrogen-bond acceptors (Lipinski definition) is 5. The summed E-state index contributed by atoms with van der Waals surface area (Å²) in [5.41, 5.74) is 0.759.